The van der Waals surface area contributed by atoms with Gasteiger partial charge in [-0.05, 0) is 19.0 Å². The van der Waals surface area contributed by atoms with Crippen LogP contribution in [0.5, 0.6) is 0 Å². The van der Waals surface area contributed by atoms with Crippen LogP contribution in [-0.4, -0.2) is 16.3 Å². The van der Waals surface area contributed by atoms with E-state index in [-0.39, 0.29) is 12.4 Å². The molecule has 0 aliphatic carbocycles. The van der Waals surface area contributed by atoms with Gasteiger partial charge in [0, 0.05) is 12.7 Å². The molecule has 17 heavy (non-hydrogen) atoms. The van der Waals surface area contributed by atoms with E-state index in [4.69, 9.17) is 0 Å². The molecule has 3 nitrogen and oxygen atoms in total. The van der Waals surface area contributed by atoms with Crippen LogP contribution in [0.25, 0.3) is 0 Å². The molecule has 1 rings (SSSR count). The molecule has 0 aliphatic heterocycles. The van der Waals surface area contributed by atoms with Gasteiger partial charge < -0.3 is 5.32 Å². The summed E-state index contributed by atoms with van der Waals surface area (Å²) in [5.41, 5.74) is 0.533. The second-order valence-corrected chi connectivity index (χ2v) is 3.78. The average molecular weight is 268 g/mol. The van der Waals surface area contributed by atoms with E-state index in [0.717, 1.165) is 17.6 Å². The van der Waals surface area contributed by atoms with Crippen molar-refractivity contribution in [1.82, 2.24) is 15.1 Å². The highest BCUT2D eigenvalue weighted by molar-refractivity contribution is 5.85. The van der Waals surface area contributed by atoms with E-state index in [2.05, 4.69) is 17.3 Å². The summed E-state index contributed by atoms with van der Waals surface area (Å²) in [7, 11) is 0. The maximum Gasteiger partial charge on any atom is 0.333 e. The summed E-state index contributed by atoms with van der Waals surface area (Å²) in [6.45, 7) is 0.936. The molecule has 100 valence electrons. The quantitative estimate of drug-likeness (QED) is 0.732. The first-order valence-corrected chi connectivity index (χ1v) is 5.77. The van der Waals surface area contributed by atoms with Gasteiger partial charge in [-0.3, -0.25) is 0 Å². The number of alkyl halides is 2. The number of unbranched alkanes of at least 4 members (excludes halogenated alkanes) is 3. The second kappa shape index (κ2) is 9.36. The van der Waals surface area contributed by atoms with Crippen LogP contribution < -0.4 is 5.32 Å². The van der Waals surface area contributed by atoms with Crippen molar-refractivity contribution in [3.05, 3.63) is 18.0 Å². The predicted octanol–water partition coefficient (Wildman–Crippen LogP) is 3.37. The van der Waals surface area contributed by atoms with Gasteiger partial charge >= 0.3 is 6.55 Å². The van der Waals surface area contributed by atoms with Crippen molar-refractivity contribution in [2.45, 2.75) is 45.7 Å². The summed E-state index contributed by atoms with van der Waals surface area (Å²) in [6.07, 6.45) is 6.13. The molecule has 0 radical (unpaired) electrons. The van der Waals surface area contributed by atoms with Crippen LogP contribution in [0, 0.1) is 0 Å². The zero-order valence-corrected chi connectivity index (χ0v) is 10.8. The van der Waals surface area contributed by atoms with Crippen LogP contribution >= 0.6 is 12.4 Å². The fraction of sp³-hybridized carbons (Fsp3) is 0.727. The molecule has 1 heterocycles. The highest BCUT2D eigenvalue weighted by Gasteiger charge is 2.10. The SMILES string of the molecule is CCCCCCNCc1ccnn1C(F)F.Cl. The molecule has 1 aromatic rings. The number of halogens is 3. The third-order valence-electron chi connectivity index (χ3n) is 2.45. The topological polar surface area (TPSA) is 29.9 Å². The van der Waals surface area contributed by atoms with Gasteiger partial charge in [0.05, 0.1) is 5.69 Å². The molecule has 0 amide bonds. The Balaban J connectivity index is 0.00000256. The summed E-state index contributed by atoms with van der Waals surface area (Å²) in [5, 5.41) is 6.72. The highest BCUT2D eigenvalue weighted by atomic mass is 35.5. The normalized spacial score (nSPS) is 10.6. The van der Waals surface area contributed by atoms with Gasteiger partial charge in [-0.25, -0.2) is 4.68 Å². The second-order valence-electron chi connectivity index (χ2n) is 3.78. The zero-order chi connectivity index (χ0) is 11.8. The first-order valence-electron chi connectivity index (χ1n) is 5.77. The van der Waals surface area contributed by atoms with Gasteiger partial charge in [0.25, 0.3) is 0 Å². The van der Waals surface area contributed by atoms with E-state index < -0.39 is 6.55 Å². The van der Waals surface area contributed by atoms with E-state index in [1.54, 1.807) is 6.07 Å². The lowest BCUT2D eigenvalue weighted by atomic mass is 10.2. The van der Waals surface area contributed by atoms with E-state index in [1.165, 1.54) is 25.5 Å². The number of nitrogens with one attached hydrogen (secondary N) is 1. The number of hydrogen-bond acceptors (Lipinski definition) is 2. The van der Waals surface area contributed by atoms with Gasteiger partial charge in [-0.2, -0.15) is 13.9 Å². The van der Waals surface area contributed by atoms with Gasteiger partial charge in [-0.1, -0.05) is 26.2 Å². The van der Waals surface area contributed by atoms with Crippen LogP contribution in [0.3, 0.4) is 0 Å². The minimum atomic E-state index is -2.55. The van der Waals surface area contributed by atoms with Gasteiger partial charge in [0.1, 0.15) is 0 Å². The van der Waals surface area contributed by atoms with Crippen molar-refractivity contribution in [2.24, 2.45) is 0 Å². The molecule has 6 heteroatoms. The smallest absolute Gasteiger partial charge is 0.311 e. The van der Waals surface area contributed by atoms with Crippen molar-refractivity contribution in [1.29, 1.82) is 0 Å². The van der Waals surface area contributed by atoms with Crippen LogP contribution in [0.15, 0.2) is 12.3 Å². The van der Waals surface area contributed by atoms with Crippen molar-refractivity contribution >= 4 is 12.4 Å². The third kappa shape index (κ3) is 5.98. The van der Waals surface area contributed by atoms with Crippen molar-refractivity contribution in [2.75, 3.05) is 6.54 Å². The molecule has 0 saturated carbocycles. The summed E-state index contributed by atoms with van der Waals surface area (Å²) in [6, 6.07) is 1.62. The molecule has 0 fully saturated rings. The molecule has 1 N–H and O–H groups in total. The number of rotatable bonds is 8. The van der Waals surface area contributed by atoms with Crippen molar-refractivity contribution in [3.8, 4) is 0 Å². The minimum absolute atomic E-state index is 0. The Bertz CT molecular complexity index is 292. The van der Waals surface area contributed by atoms with Crippen LogP contribution in [-0.2, 0) is 6.54 Å². The maximum atomic E-state index is 12.4. The number of hydrogen-bond donors (Lipinski definition) is 1. The molecule has 0 bridgehead atoms. The first-order chi connectivity index (χ1) is 7.75. The Hall–Kier alpha value is -0.680. The Labute approximate surface area is 107 Å². The molecule has 0 spiro atoms. The molecular weight excluding hydrogens is 248 g/mol. The number of nitrogens with zero attached hydrogens (tertiary/aromatic N) is 2. The van der Waals surface area contributed by atoms with Crippen molar-refractivity contribution in [3.63, 3.8) is 0 Å². The highest BCUT2D eigenvalue weighted by Crippen LogP contribution is 2.11. The van der Waals surface area contributed by atoms with E-state index in [9.17, 15) is 8.78 Å². The summed E-state index contributed by atoms with van der Waals surface area (Å²) in [4.78, 5) is 0. The molecule has 0 atom stereocenters. The Kier molecular flexibility index (Phi) is 8.99. The predicted molar refractivity (Wildman–Crippen MR) is 66.6 cm³/mol. The van der Waals surface area contributed by atoms with Gasteiger partial charge in [0.2, 0.25) is 0 Å². The molecule has 0 aromatic carbocycles. The summed E-state index contributed by atoms with van der Waals surface area (Å²) in [5.74, 6) is 0. The molecule has 1 aromatic heterocycles. The molecule has 0 aliphatic rings. The first kappa shape index (κ1) is 16.3. The molecular formula is C11H20ClF2N3. The Morgan fingerprint density at radius 2 is 2.12 bits per heavy atom. The van der Waals surface area contributed by atoms with Gasteiger partial charge in [0.15, 0.2) is 0 Å². The van der Waals surface area contributed by atoms with E-state index >= 15 is 0 Å². The van der Waals surface area contributed by atoms with Crippen LogP contribution in [0.2, 0.25) is 0 Å². The van der Waals surface area contributed by atoms with Crippen LogP contribution in [0.1, 0.15) is 44.9 Å². The molecule has 0 saturated heterocycles. The van der Waals surface area contributed by atoms with E-state index in [1.807, 2.05) is 0 Å². The lowest BCUT2D eigenvalue weighted by Crippen LogP contribution is -2.18. The Morgan fingerprint density at radius 1 is 1.35 bits per heavy atom. The lowest BCUT2D eigenvalue weighted by molar-refractivity contribution is 0.0531. The standard InChI is InChI=1S/C11H19F2N3.ClH/c1-2-3-4-5-7-14-9-10-6-8-15-16(10)11(12)13;/h6,8,11,14H,2-5,7,9H2,1H3;1H. The van der Waals surface area contributed by atoms with Crippen molar-refractivity contribution < 1.29 is 8.78 Å². The fourth-order valence-corrected chi connectivity index (χ4v) is 1.55. The monoisotopic (exact) mass is 267 g/mol. The summed E-state index contributed by atoms with van der Waals surface area (Å²) >= 11 is 0. The number of aromatic nitrogens is 2. The molecule has 0 unspecified atom stereocenters. The minimum Gasteiger partial charge on any atom is -0.311 e. The van der Waals surface area contributed by atoms with Crippen LogP contribution in [0.4, 0.5) is 8.78 Å². The largest absolute Gasteiger partial charge is 0.333 e. The maximum absolute atomic E-state index is 12.4. The zero-order valence-electron chi connectivity index (χ0n) is 10.0. The average Bonchev–Trinajstić information content (AvgIpc) is 2.71. The lowest BCUT2D eigenvalue weighted by Gasteiger charge is -2.07. The fourth-order valence-electron chi connectivity index (χ4n) is 1.55. The van der Waals surface area contributed by atoms with Gasteiger partial charge in [-0.15, -0.1) is 12.4 Å². The Morgan fingerprint density at radius 3 is 2.76 bits per heavy atom. The third-order valence-corrected chi connectivity index (χ3v) is 2.45. The van der Waals surface area contributed by atoms with E-state index in [0.29, 0.717) is 12.2 Å². The summed E-state index contributed by atoms with van der Waals surface area (Å²) < 4.78 is 25.6.